The zero-order valence-corrected chi connectivity index (χ0v) is 15.7. The zero-order chi connectivity index (χ0) is 19.1. The number of nitrogens with one attached hydrogen (secondary N) is 2. The fraction of sp³-hybridized carbons (Fsp3) is 0.333. The third kappa shape index (κ3) is 3.07. The largest absolute Gasteiger partial charge is 0.465 e. The molecule has 1 aliphatic carbocycles. The molecule has 1 spiro atoms. The number of anilines is 1. The Morgan fingerprint density at radius 3 is 2.96 bits per heavy atom. The molecule has 0 atom stereocenters. The first kappa shape index (κ1) is 17.1. The fourth-order valence-corrected chi connectivity index (χ4v) is 3.84. The molecule has 0 amide bonds. The number of nitrogens with zero attached hydrogens (tertiary/aromatic N) is 2. The maximum absolute atomic E-state index is 12.2. The highest BCUT2D eigenvalue weighted by Crippen LogP contribution is 2.40. The highest BCUT2D eigenvalue weighted by atomic mass is 16.5. The van der Waals surface area contributed by atoms with Crippen LogP contribution in [0.15, 0.2) is 42.7 Å². The molecule has 5 rings (SSSR count). The van der Waals surface area contributed by atoms with Gasteiger partial charge in [-0.2, -0.15) is 0 Å². The van der Waals surface area contributed by atoms with Crippen LogP contribution in [-0.2, 0) is 4.74 Å². The van der Waals surface area contributed by atoms with Gasteiger partial charge in [0, 0.05) is 48.5 Å². The van der Waals surface area contributed by atoms with Crippen molar-refractivity contribution in [1.82, 2.24) is 15.3 Å². The van der Waals surface area contributed by atoms with Crippen molar-refractivity contribution in [3.05, 3.63) is 48.3 Å². The Kier molecular flexibility index (Phi) is 3.98. The van der Waals surface area contributed by atoms with E-state index in [0.717, 1.165) is 36.4 Å². The van der Waals surface area contributed by atoms with E-state index in [9.17, 15) is 4.79 Å². The standard InChI is InChI=1S/C21H22N4O3/c1-27-20(26)17-3-2-15(25-9-8-24-21(13-25)5-6-21)11-18(17)28-16-10-14-4-7-22-19(14)23-12-16/h2-4,7,10-12,24H,5-6,8-9,13H2,1H3,(H,22,23). The van der Waals surface area contributed by atoms with Crippen LogP contribution < -0.4 is 15.0 Å². The summed E-state index contributed by atoms with van der Waals surface area (Å²) in [5, 5.41) is 4.57. The second-order valence-electron chi connectivity index (χ2n) is 7.49. The zero-order valence-electron chi connectivity index (χ0n) is 15.7. The first-order chi connectivity index (χ1) is 13.7. The summed E-state index contributed by atoms with van der Waals surface area (Å²) in [4.78, 5) is 22.0. The first-order valence-corrected chi connectivity index (χ1v) is 9.49. The topological polar surface area (TPSA) is 79.5 Å². The van der Waals surface area contributed by atoms with Crippen molar-refractivity contribution in [2.75, 3.05) is 31.6 Å². The molecule has 1 aliphatic heterocycles. The highest BCUT2D eigenvalue weighted by Gasteiger charge is 2.45. The molecule has 7 heteroatoms. The summed E-state index contributed by atoms with van der Waals surface area (Å²) in [7, 11) is 1.38. The van der Waals surface area contributed by atoms with Crippen molar-refractivity contribution in [1.29, 1.82) is 0 Å². The van der Waals surface area contributed by atoms with E-state index < -0.39 is 5.97 Å². The number of carbonyl (C=O) groups excluding carboxylic acids is 1. The van der Waals surface area contributed by atoms with Gasteiger partial charge in [0.1, 0.15) is 22.7 Å². The number of esters is 1. The molecule has 2 aromatic heterocycles. The summed E-state index contributed by atoms with van der Waals surface area (Å²) >= 11 is 0. The van der Waals surface area contributed by atoms with Gasteiger partial charge in [-0.3, -0.25) is 0 Å². The van der Waals surface area contributed by atoms with Gasteiger partial charge in [-0.1, -0.05) is 0 Å². The Morgan fingerprint density at radius 1 is 1.25 bits per heavy atom. The SMILES string of the molecule is COC(=O)c1ccc(N2CCNC3(CC3)C2)cc1Oc1cnc2[nH]ccc2c1. The summed E-state index contributed by atoms with van der Waals surface area (Å²) in [5.41, 5.74) is 2.51. The molecule has 0 bridgehead atoms. The normalized spacial score (nSPS) is 17.7. The van der Waals surface area contributed by atoms with Crippen LogP contribution in [0.25, 0.3) is 11.0 Å². The lowest BCUT2D eigenvalue weighted by molar-refractivity contribution is 0.0598. The molecular formula is C21H22N4O3. The minimum absolute atomic E-state index is 0.267. The number of aromatic amines is 1. The van der Waals surface area contributed by atoms with E-state index >= 15 is 0 Å². The molecule has 7 nitrogen and oxygen atoms in total. The maximum atomic E-state index is 12.2. The van der Waals surface area contributed by atoms with Crippen LogP contribution in [-0.4, -0.2) is 48.2 Å². The summed E-state index contributed by atoms with van der Waals surface area (Å²) in [5.74, 6) is 0.633. The lowest BCUT2D eigenvalue weighted by Crippen LogP contribution is -2.52. The molecule has 3 heterocycles. The van der Waals surface area contributed by atoms with Crippen LogP contribution in [0.4, 0.5) is 5.69 Å². The van der Waals surface area contributed by atoms with Crippen LogP contribution in [0, 0.1) is 0 Å². The monoisotopic (exact) mass is 378 g/mol. The molecule has 144 valence electrons. The second kappa shape index (κ2) is 6.53. The number of pyridine rings is 1. The van der Waals surface area contributed by atoms with Crippen molar-refractivity contribution in [2.45, 2.75) is 18.4 Å². The molecule has 1 aromatic carbocycles. The van der Waals surface area contributed by atoms with Gasteiger partial charge in [-0.05, 0) is 37.1 Å². The third-order valence-corrected chi connectivity index (χ3v) is 5.57. The number of benzene rings is 1. The summed E-state index contributed by atoms with van der Waals surface area (Å²) in [6.45, 7) is 2.86. The first-order valence-electron chi connectivity index (χ1n) is 9.49. The van der Waals surface area contributed by atoms with E-state index in [4.69, 9.17) is 9.47 Å². The van der Waals surface area contributed by atoms with E-state index in [1.807, 2.05) is 30.5 Å². The van der Waals surface area contributed by atoms with Gasteiger partial charge in [-0.25, -0.2) is 9.78 Å². The van der Waals surface area contributed by atoms with Gasteiger partial charge in [0.05, 0.1) is 13.3 Å². The average Bonchev–Trinajstić information content (AvgIpc) is 3.28. The van der Waals surface area contributed by atoms with Crippen molar-refractivity contribution in [2.24, 2.45) is 0 Å². The van der Waals surface area contributed by atoms with Gasteiger partial charge < -0.3 is 24.7 Å². The number of aromatic nitrogens is 2. The predicted octanol–water partition coefficient (Wildman–Crippen LogP) is 3.08. The number of hydrogen-bond donors (Lipinski definition) is 2. The molecule has 1 saturated carbocycles. The van der Waals surface area contributed by atoms with E-state index in [1.54, 1.807) is 12.3 Å². The van der Waals surface area contributed by atoms with Gasteiger partial charge in [0.25, 0.3) is 0 Å². The fourth-order valence-electron chi connectivity index (χ4n) is 3.84. The van der Waals surface area contributed by atoms with Gasteiger partial charge in [-0.15, -0.1) is 0 Å². The number of hydrogen-bond acceptors (Lipinski definition) is 6. The molecule has 3 aromatic rings. The Morgan fingerprint density at radius 2 is 2.14 bits per heavy atom. The third-order valence-electron chi connectivity index (χ3n) is 5.57. The Bertz CT molecular complexity index is 1040. The quantitative estimate of drug-likeness (QED) is 0.679. The number of H-pyrrole nitrogens is 1. The smallest absolute Gasteiger partial charge is 0.341 e. The number of rotatable bonds is 4. The maximum Gasteiger partial charge on any atom is 0.341 e. The van der Waals surface area contributed by atoms with Crippen LogP contribution in [0.2, 0.25) is 0 Å². The van der Waals surface area contributed by atoms with Crippen molar-refractivity contribution in [3.63, 3.8) is 0 Å². The number of ether oxygens (including phenoxy) is 2. The molecule has 2 fully saturated rings. The lowest BCUT2D eigenvalue weighted by atomic mass is 10.1. The van der Waals surface area contributed by atoms with Gasteiger partial charge in [0.15, 0.2) is 0 Å². The Labute approximate surface area is 162 Å². The van der Waals surface area contributed by atoms with E-state index in [0.29, 0.717) is 17.1 Å². The minimum atomic E-state index is -0.420. The van der Waals surface area contributed by atoms with E-state index in [2.05, 4.69) is 20.2 Å². The van der Waals surface area contributed by atoms with Crippen molar-refractivity contribution >= 4 is 22.7 Å². The molecule has 0 radical (unpaired) electrons. The number of methoxy groups -OCH3 is 1. The molecule has 2 aliphatic rings. The van der Waals surface area contributed by atoms with E-state index in [-0.39, 0.29) is 5.54 Å². The second-order valence-corrected chi connectivity index (χ2v) is 7.49. The Hall–Kier alpha value is -3.06. The van der Waals surface area contributed by atoms with Crippen molar-refractivity contribution < 1.29 is 14.3 Å². The molecule has 1 saturated heterocycles. The predicted molar refractivity (Wildman–Crippen MR) is 106 cm³/mol. The van der Waals surface area contributed by atoms with E-state index in [1.165, 1.54) is 20.0 Å². The van der Waals surface area contributed by atoms with Gasteiger partial charge in [0.2, 0.25) is 0 Å². The highest BCUT2D eigenvalue weighted by molar-refractivity contribution is 5.93. The number of fused-ring (bicyclic) bond motifs is 1. The molecular weight excluding hydrogens is 356 g/mol. The summed E-state index contributed by atoms with van der Waals surface area (Å²) in [6, 6.07) is 9.50. The summed E-state index contributed by atoms with van der Waals surface area (Å²) in [6.07, 6.45) is 5.92. The number of carbonyl (C=O) groups is 1. The molecule has 28 heavy (non-hydrogen) atoms. The number of piperazine rings is 1. The van der Waals surface area contributed by atoms with Crippen LogP contribution in [0.3, 0.4) is 0 Å². The van der Waals surface area contributed by atoms with Crippen LogP contribution >= 0.6 is 0 Å². The summed E-state index contributed by atoms with van der Waals surface area (Å²) < 4.78 is 11.0. The minimum Gasteiger partial charge on any atom is -0.465 e. The molecule has 0 unspecified atom stereocenters. The van der Waals surface area contributed by atoms with Crippen molar-refractivity contribution in [3.8, 4) is 11.5 Å². The van der Waals surface area contributed by atoms with Crippen LogP contribution in [0.5, 0.6) is 11.5 Å². The van der Waals surface area contributed by atoms with Gasteiger partial charge >= 0.3 is 5.97 Å². The Balaban J connectivity index is 1.48. The average molecular weight is 378 g/mol. The lowest BCUT2D eigenvalue weighted by Gasteiger charge is -2.36. The molecule has 2 N–H and O–H groups in total. The van der Waals surface area contributed by atoms with Crippen LogP contribution in [0.1, 0.15) is 23.2 Å².